The average Bonchev–Trinajstić information content (AvgIpc) is 3.74. The van der Waals surface area contributed by atoms with Crippen molar-refractivity contribution in [2.24, 2.45) is 0 Å². The fourth-order valence-corrected chi connectivity index (χ4v) is 8.81. The highest BCUT2D eigenvalue weighted by Crippen LogP contribution is 2.51. The summed E-state index contributed by atoms with van der Waals surface area (Å²) in [6.07, 6.45) is 8.89. The quantitative estimate of drug-likeness (QED) is 0.195. The first-order chi connectivity index (χ1) is 24.0. The maximum atomic E-state index is 9.60. The molecule has 49 heavy (non-hydrogen) atoms. The molecule has 0 bridgehead atoms. The summed E-state index contributed by atoms with van der Waals surface area (Å²) in [4.78, 5) is 2.39. The summed E-state index contributed by atoms with van der Waals surface area (Å²) in [5.41, 5.74) is 15.7. The molecule has 2 atom stereocenters. The Hall–Kier alpha value is -6.11. The lowest BCUT2D eigenvalue weighted by Gasteiger charge is -2.28. The van der Waals surface area contributed by atoms with Crippen LogP contribution in [0.15, 0.2) is 152 Å². The molecule has 7 aromatic rings. The second-order valence-electron chi connectivity index (χ2n) is 14.1. The first-order valence-corrected chi connectivity index (χ1v) is 17.1. The van der Waals surface area contributed by atoms with Gasteiger partial charge in [0, 0.05) is 39.2 Å². The van der Waals surface area contributed by atoms with E-state index in [0.29, 0.717) is 5.56 Å². The molecule has 10 rings (SSSR count). The number of fused-ring (bicyclic) bond motifs is 9. The summed E-state index contributed by atoms with van der Waals surface area (Å²) >= 11 is 0. The van der Waals surface area contributed by atoms with Crippen molar-refractivity contribution in [1.82, 2.24) is 4.57 Å². The summed E-state index contributed by atoms with van der Waals surface area (Å²) in [6.45, 7) is 4.70. The van der Waals surface area contributed by atoms with Crippen LogP contribution in [-0.4, -0.2) is 10.6 Å². The normalized spacial score (nSPS) is 17.9. The Bertz CT molecular complexity index is 2620. The third kappa shape index (κ3) is 3.95. The number of benzene rings is 6. The van der Waals surface area contributed by atoms with Gasteiger partial charge in [-0.25, -0.2) is 0 Å². The topological polar surface area (TPSA) is 32.0 Å². The molecule has 3 nitrogen and oxygen atoms in total. The van der Waals surface area contributed by atoms with E-state index in [1.807, 2.05) is 18.2 Å². The van der Waals surface area contributed by atoms with Gasteiger partial charge in [0.05, 0.1) is 28.7 Å². The zero-order valence-electron chi connectivity index (χ0n) is 27.4. The molecule has 0 spiro atoms. The lowest BCUT2D eigenvalue weighted by Crippen LogP contribution is -2.28. The van der Waals surface area contributed by atoms with E-state index < -0.39 is 0 Å². The van der Waals surface area contributed by atoms with Crippen LogP contribution in [0.3, 0.4) is 0 Å². The van der Waals surface area contributed by atoms with Crippen LogP contribution in [0, 0.1) is 11.3 Å². The highest BCUT2D eigenvalue weighted by atomic mass is 15.2. The van der Waals surface area contributed by atoms with Gasteiger partial charge >= 0.3 is 0 Å². The maximum absolute atomic E-state index is 9.60. The Balaban J connectivity index is 1.10. The van der Waals surface area contributed by atoms with E-state index in [0.717, 1.165) is 5.69 Å². The predicted octanol–water partition coefficient (Wildman–Crippen LogP) is 11.4. The smallest absolute Gasteiger partial charge is 0.0992 e. The highest BCUT2D eigenvalue weighted by molar-refractivity contribution is 6.10. The fraction of sp³-hybridized carbons (Fsp3) is 0.109. The van der Waals surface area contributed by atoms with Crippen LogP contribution < -0.4 is 4.90 Å². The van der Waals surface area contributed by atoms with Gasteiger partial charge in [-0.2, -0.15) is 5.26 Å². The van der Waals surface area contributed by atoms with E-state index in [9.17, 15) is 5.26 Å². The molecule has 0 saturated carbocycles. The molecule has 0 fully saturated rings. The molecule has 0 amide bonds. The second kappa shape index (κ2) is 10.2. The SMILES string of the molecule is CC1(C)c2ccccc2-c2ccc(-n3c4ccccc4c4cc(-c5ccc6c(c5)C5C=CC=CC5N6c5cccc(C#N)c5)ccc43)cc21. The average molecular weight is 628 g/mol. The molecule has 2 unspecified atom stereocenters. The van der Waals surface area contributed by atoms with E-state index in [2.05, 4.69) is 163 Å². The first-order valence-electron chi connectivity index (χ1n) is 17.1. The van der Waals surface area contributed by atoms with Gasteiger partial charge in [0.15, 0.2) is 0 Å². The zero-order valence-corrected chi connectivity index (χ0v) is 27.4. The Morgan fingerprint density at radius 3 is 2.31 bits per heavy atom. The molecule has 3 aliphatic rings. The van der Waals surface area contributed by atoms with Crippen LogP contribution in [-0.2, 0) is 5.41 Å². The van der Waals surface area contributed by atoms with Crippen LogP contribution in [0.25, 0.3) is 49.7 Å². The van der Waals surface area contributed by atoms with Gasteiger partial charge in [0.1, 0.15) is 0 Å². The number of anilines is 2. The van der Waals surface area contributed by atoms with Gasteiger partial charge in [-0.15, -0.1) is 0 Å². The molecule has 6 aromatic carbocycles. The van der Waals surface area contributed by atoms with E-state index in [-0.39, 0.29) is 17.4 Å². The lowest BCUT2D eigenvalue weighted by molar-refractivity contribution is 0.660. The van der Waals surface area contributed by atoms with Crippen molar-refractivity contribution in [2.45, 2.75) is 31.2 Å². The van der Waals surface area contributed by atoms with Crippen molar-refractivity contribution < 1.29 is 0 Å². The van der Waals surface area contributed by atoms with E-state index in [1.54, 1.807) is 0 Å². The molecule has 2 heterocycles. The summed E-state index contributed by atoms with van der Waals surface area (Å²) in [7, 11) is 0. The van der Waals surface area contributed by atoms with Crippen LogP contribution in [0.4, 0.5) is 11.4 Å². The third-order valence-electron chi connectivity index (χ3n) is 11.1. The zero-order chi connectivity index (χ0) is 32.9. The number of rotatable bonds is 3. The fourth-order valence-electron chi connectivity index (χ4n) is 8.81. The summed E-state index contributed by atoms with van der Waals surface area (Å²) in [5, 5.41) is 12.1. The van der Waals surface area contributed by atoms with E-state index in [4.69, 9.17) is 0 Å². The molecule has 3 heteroatoms. The molecular weight excluding hydrogens is 595 g/mol. The van der Waals surface area contributed by atoms with Crippen molar-refractivity contribution in [3.05, 3.63) is 174 Å². The molecule has 232 valence electrons. The van der Waals surface area contributed by atoms with Crippen molar-refractivity contribution in [3.8, 4) is 34.0 Å². The molecule has 0 N–H and O–H groups in total. The number of nitriles is 1. The van der Waals surface area contributed by atoms with Gasteiger partial charge in [-0.3, -0.25) is 0 Å². The third-order valence-corrected chi connectivity index (χ3v) is 11.1. The Kier molecular flexibility index (Phi) is 5.82. The standard InChI is InChI=1S/C46H33N3/c1-46(2)40-15-6-3-12-34(40)35-21-20-33(27-41(35)46)49-43-17-8-5-14-37(43)39-26-31(19-23-45(39)49)30-18-22-44-38(25-30)36-13-4-7-16-42(36)48(44)32-11-9-10-29(24-32)28-47/h3-27,36,42H,1-2H3. The number of hydrogen-bond acceptors (Lipinski definition) is 2. The Morgan fingerprint density at radius 2 is 1.39 bits per heavy atom. The minimum absolute atomic E-state index is 0.0577. The van der Waals surface area contributed by atoms with E-state index >= 15 is 0 Å². The summed E-state index contributed by atoms with van der Waals surface area (Å²) in [5.74, 6) is 0.242. The second-order valence-corrected chi connectivity index (χ2v) is 14.1. The van der Waals surface area contributed by atoms with Crippen LogP contribution in [0.1, 0.15) is 42.0 Å². The van der Waals surface area contributed by atoms with Crippen LogP contribution >= 0.6 is 0 Å². The number of nitrogens with zero attached hydrogens (tertiary/aromatic N) is 3. The van der Waals surface area contributed by atoms with Crippen molar-refractivity contribution in [1.29, 1.82) is 5.26 Å². The molecular formula is C46H33N3. The minimum Gasteiger partial charge on any atom is -0.333 e. The van der Waals surface area contributed by atoms with Gasteiger partial charge < -0.3 is 9.47 Å². The van der Waals surface area contributed by atoms with Gasteiger partial charge in [0.2, 0.25) is 0 Å². The molecule has 1 aromatic heterocycles. The highest BCUT2D eigenvalue weighted by Gasteiger charge is 2.38. The van der Waals surface area contributed by atoms with Gasteiger partial charge in [0.25, 0.3) is 0 Å². The summed E-state index contributed by atoms with van der Waals surface area (Å²) < 4.78 is 2.44. The number of para-hydroxylation sites is 1. The molecule has 1 aliphatic heterocycles. The molecule has 2 aliphatic carbocycles. The first kappa shape index (κ1) is 28.0. The number of hydrogen-bond donors (Lipinski definition) is 0. The lowest BCUT2D eigenvalue weighted by atomic mass is 9.82. The van der Waals surface area contributed by atoms with Crippen LogP contribution in [0.2, 0.25) is 0 Å². The molecule has 0 saturated heterocycles. The Labute approximate surface area is 286 Å². The summed E-state index contributed by atoms with van der Waals surface area (Å²) in [6, 6.07) is 49.0. The van der Waals surface area contributed by atoms with Crippen molar-refractivity contribution >= 4 is 33.2 Å². The van der Waals surface area contributed by atoms with E-state index in [1.165, 1.54) is 72.1 Å². The van der Waals surface area contributed by atoms with Gasteiger partial charge in [-0.1, -0.05) is 105 Å². The van der Waals surface area contributed by atoms with Crippen molar-refractivity contribution in [3.63, 3.8) is 0 Å². The predicted molar refractivity (Wildman–Crippen MR) is 202 cm³/mol. The maximum Gasteiger partial charge on any atom is 0.0992 e. The number of allylic oxidation sites excluding steroid dienone is 2. The van der Waals surface area contributed by atoms with Crippen molar-refractivity contribution in [2.75, 3.05) is 4.90 Å². The van der Waals surface area contributed by atoms with Crippen LogP contribution in [0.5, 0.6) is 0 Å². The largest absolute Gasteiger partial charge is 0.333 e. The van der Waals surface area contributed by atoms with Gasteiger partial charge in [-0.05, 0) is 99.6 Å². The Morgan fingerprint density at radius 1 is 0.612 bits per heavy atom. The number of aromatic nitrogens is 1. The monoisotopic (exact) mass is 627 g/mol. The minimum atomic E-state index is -0.0577. The molecule has 0 radical (unpaired) electrons.